The van der Waals surface area contributed by atoms with E-state index in [0.29, 0.717) is 27.6 Å². The summed E-state index contributed by atoms with van der Waals surface area (Å²) in [5, 5.41) is 11.4. The van der Waals surface area contributed by atoms with E-state index in [1.807, 2.05) is 0 Å². The quantitative estimate of drug-likeness (QED) is 0.385. The van der Waals surface area contributed by atoms with Gasteiger partial charge < -0.3 is 9.84 Å². The summed E-state index contributed by atoms with van der Waals surface area (Å²) in [4.78, 5) is 31.5. The number of nitrogens with zero attached hydrogens (tertiary/aromatic N) is 2. The molecule has 0 spiro atoms. The van der Waals surface area contributed by atoms with Crippen LogP contribution in [0.1, 0.15) is 17.2 Å². The van der Waals surface area contributed by atoms with Gasteiger partial charge in [-0.05, 0) is 35.9 Å². The SMILES string of the molecule is COc1cccc(N2C(=O)C(=O)/C(=C(/O)c3cccc(Cl)c3)C2c2cccnc2)c1. The third-order valence-corrected chi connectivity index (χ3v) is 5.11. The van der Waals surface area contributed by atoms with Crippen LogP contribution < -0.4 is 9.64 Å². The Morgan fingerprint density at radius 1 is 1.10 bits per heavy atom. The van der Waals surface area contributed by atoms with Gasteiger partial charge in [0.15, 0.2) is 0 Å². The van der Waals surface area contributed by atoms with E-state index in [4.69, 9.17) is 16.3 Å². The maximum absolute atomic E-state index is 13.0. The van der Waals surface area contributed by atoms with Crippen LogP contribution in [0.4, 0.5) is 5.69 Å². The molecule has 1 aromatic heterocycles. The van der Waals surface area contributed by atoms with Crippen LogP contribution in [-0.2, 0) is 9.59 Å². The molecule has 4 rings (SSSR count). The number of methoxy groups -OCH3 is 1. The number of aliphatic hydroxyl groups is 1. The average molecular weight is 421 g/mol. The third-order valence-electron chi connectivity index (χ3n) is 4.87. The standard InChI is InChI=1S/C23H17ClN2O4/c1-30-18-9-3-8-17(12-18)26-20(15-6-4-10-25-13-15)19(22(28)23(26)29)21(27)14-5-2-7-16(24)11-14/h2-13,20,27H,1H3/b21-19+. The zero-order valence-electron chi connectivity index (χ0n) is 15.9. The molecule has 0 saturated carbocycles. The van der Waals surface area contributed by atoms with E-state index < -0.39 is 17.7 Å². The van der Waals surface area contributed by atoms with E-state index in [2.05, 4.69) is 4.98 Å². The highest BCUT2D eigenvalue weighted by molar-refractivity contribution is 6.51. The number of anilines is 1. The molecule has 0 radical (unpaired) electrons. The molecule has 1 unspecified atom stereocenters. The molecule has 30 heavy (non-hydrogen) atoms. The summed E-state index contributed by atoms with van der Waals surface area (Å²) in [6.45, 7) is 0. The summed E-state index contributed by atoms with van der Waals surface area (Å²) in [6.07, 6.45) is 3.16. The molecular formula is C23H17ClN2O4. The van der Waals surface area contributed by atoms with Crippen LogP contribution in [-0.4, -0.2) is 28.9 Å². The number of ether oxygens (including phenoxy) is 1. The van der Waals surface area contributed by atoms with Gasteiger partial charge in [-0.1, -0.05) is 35.9 Å². The number of Topliss-reactive ketones (excluding diaryl/α,β-unsaturated/α-hetero) is 1. The van der Waals surface area contributed by atoms with Crippen LogP contribution in [0.25, 0.3) is 5.76 Å². The molecule has 7 heteroatoms. The van der Waals surface area contributed by atoms with Gasteiger partial charge in [-0.3, -0.25) is 19.5 Å². The number of rotatable bonds is 4. The Kier molecular flexibility index (Phi) is 5.25. The summed E-state index contributed by atoms with van der Waals surface area (Å²) >= 11 is 6.05. The van der Waals surface area contributed by atoms with Crippen LogP contribution in [0, 0.1) is 0 Å². The molecule has 1 amide bonds. The summed E-state index contributed by atoms with van der Waals surface area (Å²) < 4.78 is 5.26. The summed E-state index contributed by atoms with van der Waals surface area (Å²) in [5.74, 6) is -1.30. The minimum atomic E-state index is -0.857. The van der Waals surface area contributed by atoms with E-state index in [0.717, 1.165) is 0 Å². The smallest absolute Gasteiger partial charge is 0.300 e. The van der Waals surface area contributed by atoms with Crippen molar-refractivity contribution >= 4 is 34.7 Å². The van der Waals surface area contributed by atoms with Crippen molar-refractivity contribution in [2.75, 3.05) is 12.0 Å². The van der Waals surface area contributed by atoms with Crippen LogP contribution in [0.15, 0.2) is 78.6 Å². The second kappa shape index (κ2) is 8.00. The molecule has 2 aromatic carbocycles. The number of pyridine rings is 1. The first-order valence-electron chi connectivity index (χ1n) is 9.12. The fourth-order valence-corrected chi connectivity index (χ4v) is 3.69. The van der Waals surface area contributed by atoms with Crippen molar-refractivity contribution in [3.63, 3.8) is 0 Å². The second-order valence-corrected chi connectivity index (χ2v) is 7.10. The molecule has 0 bridgehead atoms. The predicted octanol–water partition coefficient (Wildman–Crippen LogP) is 4.37. The van der Waals surface area contributed by atoms with Crippen molar-refractivity contribution in [2.24, 2.45) is 0 Å². The number of amides is 1. The first-order chi connectivity index (χ1) is 14.5. The Morgan fingerprint density at radius 2 is 1.90 bits per heavy atom. The second-order valence-electron chi connectivity index (χ2n) is 6.67. The molecule has 2 heterocycles. The van der Waals surface area contributed by atoms with Crippen molar-refractivity contribution < 1.29 is 19.4 Å². The number of carbonyl (C=O) groups is 2. The Bertz CT molecular complexity index is 1160. The van der Waals surface area contributed by atoms with Gasteiger partial charge in [-0.2, -0.15) is 0 Å². The Labute approximate surface area is 178 Å². The molecule has 1 fully saturated rings. The van der Waals surface area contributed by atoms with Gasteiger partial charge in [0.05, 0.1) is 18.7 Å². The monoisotopic (exact) mass is 420 g/mol. The molecule has 150 valence electrons. The Hall–Kier alpha value is -3.64. The van der Waals surface area contributed by atoms with Gasteiger partial charge in [0.2, 0.25) is 0 Å². The van der Waals surface area contributed by atoms with E-state index >= 15 is 0 Å². The molecular weight excluding hydrogens is 404 g/mol. The predicted molar refractivity (Wildman–Crippen MR) is 113 cm³/mol. The van der Waals surface area contributed by atoms with Crippen molar-refractivity contribution in [3.8, 4) is 5.75 Å². The van der Waals surface area contributed by atoms with Gasteiger partial charge in [0.1, 0.15) is 11.5 Å². The van der Waals surface area contributed by atoms with Crippen LogP contribution in [0.3, 0.4) is 0 Å². The summed E-state index contributed by atoms with van der Waals surface area (Å²) in [6, 6.07) is 15.9. The Balaban J connectivity index is 1.95. The first kappa shape index (κ1) is 19.7. The number of hydrogen-bond donors (Lipinski definition) is 1. The van der Waals surface area contributed by atoms with Crippen LogP contribution in [0.5, 0.6) is 5.75 Å². The maximum Gasteiger partial charge on any atom is 0.300 e. The van der Waals surface area contributed by atoms with Gasteiger partial charge in [0.25, 0.3) is 11.7 Å². The number of benzene rings is 2. The van der Waals surface area contributed by atoms with Crippen molar-refractivity contribution in [1.82, 2.24) is 4.98 Å². The molecule has 1 atom stereocenters. The fraction of sp³-hybridized carbons (Fsp3) is 0.0870. The highest BCUT2D eigenvalue weighted by atomic mass is 35.5. The number of aromatic nitrogens is 1. The number of halogens is 1. The molecule has 1 N–H and O–H groups in total. The van der Waals surface area contributed by atoms with Crippen molar-refractivity contribution in [3.05, 3.63) is 94.8 Å². The maximum atomic E-state index is 13.0. The molecule has 0 aliphatic carbocycles. The molecule has 1 aliphatic heterocycles. The lowest BCUT2D eigenvalue weighted by atomic mass is 9.96. The summed E-state index contributed by atoms with van der Waals surface area (Å²) in [5.41, 5.74) is 1.37. The average Bonchev–Trinajstić information content (AvgIpc) is 3.04. The minimum Gasteiger partial charge on any atom is -0.507 e. The van der Waals surface area contributed by atoms with Crippen molar-refractivity contribution in [1.29, 1.82) is 0 Å². The highest BCUT2D eigenvalue weighted by Gasteiger charge is 2.47. The Morgan fingerprint density at radius 3 is 2.60 bits per heavy atom. The lowest BCUT2D eigenvalue weighted by Crippen LogP contribution is -2.29. The number of aliphatic hydroxyl groups excluding tert-OH is 1. The lowest BCUT2D eigenvalue weighted by Gasteiger charge is -2.25. The number of ketones is 1. The van der Waals surface area contributed by atoms with Crippen molar-refractivity contribution in [2.45, 2.75) is 6.04 Å². The molecule has 3 aromatic rings. The highest BCUT2D eigenvalue weighted by Crippen LogP contribution is 2.42. The van der Waals surface area contributed by atoms with E-state index in [1.165, 1.54) is 18.1 Å². The molecule has 1 saturated heterocycles. The molecule has 1 aliphatic rings. The normalized spacial score (nSPS) is 17.9. The van der Waals surface area contributed by atoms with E-state index in [1.54, 1.807) is 67.0 Å². The molecule has 6 nitrogen and oxygen atoms in total. The van der Waals surface area contributed by atoms with Crippen LogP contribution in [0.2, 0.25) is 5.02 Å². The van der Waals surface area contributed by atoms with E-state index in [-0.39, 0.29) is 11.3 Å². The van der Waals surface area contributed by atoms with Gasteiger partial charge in [0, 0.05) is 34.7 Å². The third kappa shape index (κ3) is 3.42. The number of carbonyl (C=O) groups excluding carboxylic acids is 2. The number of hydrogen-bond acceptors (Lipinski definition) is 5. The zero-order valence-corrected chi connectivity index (χ0v) is 16.7. The topological polar surface area (TPSA) is 79.7 Å². The fourth-order valence-electron chi connectivity index (χ4n) is 3.50. The zero-order chi connectivity index (χ0) is 21.3. The largest absolute Gasteiger partial charge is 0.507 e. The van der Waals surface area contributed by atoms with E-state index in [9.17, 15) is 14.7 Å². The first-order valence-corrected chi connectivity index (χ1v) is 9.50. The van der Waals surface area contributed by atoms with Gasteiger partial charge in [-0.25, -0.2) is 0 Å². The van der Waals surface area contributed by atoms with Gasteiger partial charge in [-0.15, -0.1) is 0 Å². The van der Waals surface area contributed by atoms with Crippen LogP contribution >= 0.6 is 11.6 Å². The summed E-state index contributed by atoms with van der Waals surface area (Å²) in [7, 11) is 1.52. The van der Waals surface area contributed by atoms with Gasteiger partial charge >= 0.3 is 0 Å². The minimum absolute atomic E-state index is 0.0295. The lowest BCUT2D eigenvalue weighted by molar-refractivity contribution is -0.132.